The van der Waals surface area contributed by atoms with Crippen LogP contribution in [0.15, 0.2) is 23.2 Å². The van der Waals surface area contributed by atoms with Crippen LogP contribution in [0.2, 0.25) is 0 Å². The zero-order valence-electron chi connectivity index (χ0n) is 15.0. The summed E-state index contributed by atoms with van der Waals surface area (Å²) in [6.45, 7) is 2.31. The first-order chi connectivity index (χ1) is 13.5. The van der Waals surface area contributed by atoms with Crippen molar-refractivity contribution < 1.29 is 9.13 Å². The minimum Gasteiger partial charge on any atom is -0.491 e. The van der Waals surface area contributed by atoms with Crippen molar-refractivity contribution in [3.05, 3.63) is 40.7 Å². The van der Waals surface area contributed by atoms with Gasteiger partial charge in [0, 0.05) is 5.56 Å². The highest BCUT2D eigenvalue weighted by molar-refractivity contribution is 5.98. The molecule has 1 aliphatic heterocycles. The normalized spacial score (nSPS) is 14.7. The Labute approximate surface area is 160 Å². The summed E-state index contributed by atoms with van der Waals surface area (Å²) in [6, 6.07) is 5.53. The van der Waals surface area contributed by atoms with Gasteiger partial charge in [-0.05, 0) is 24.1 Å². The molecule has 10 heteroatoms. The van der Waals surface area contributed by atoms with Gasteiger partial charge in [-0.25, -0.2) is 14.4 Å². The number of rotatable bonds is 4. The number of halogens is 1. The van der Waals surface area contributed by atoms with Crippen molar-refractivity contribution in [2.45, 2.75) is 19.4 Å². The maximum atomic E-state index is 14.5. The van der Waals surface area contributed by atoms with Gasteiger partial charge in [0.15, 0.2) is 17.8 Å². The van der Waals surface area contributed by atoms with Crippen LogP contribution in [0, 0.1) is 28.6 Å². The standard InChI is InChI=1S/C18H17FN8O/c1-2-5-28-12-4-3-9(6-11(12)19)15-13-14(22)10(7-20)16(23)26-17(13)27-18(25-15)24-8-21/h3-4,6,15H,2,5H2,1H3,(H6,22,23,24,25,26,27). The Hall–Kier alpha value is -4.05. The van der Waals surface area contributed by atoms with Gasteiger partial charge in [0.25, 0.3) is 0 Å². The quantitative estimate of drug-likeness (QED) is 0.463. The number of nitrogens with two attached hydrogens (primary N) is 2. The maximum Gasteiger partial charge on any atom is 0.211 e. The van der Waals surface area contributed by atoms with Gasteiger partial charge in [-0.1, -0.05) is 13.0 Å². The Kier molecular flexibility index (Phi) is 5.14. The minimum absolute atomic E-state index is 0.0146. The number of nitrogens with one attached hydrogen (secondary N) is 2. The molecular weight excluding hydrogens is 363 g/mol. The van der Waals surface area contributed by atoms with Gasteiger partial charge in [0.05, 0.1) is 12.3 Å². The maximum absolute atomic E-state index is 14.5. The van der Waals surface area contributed by atoms with Gasteiger partial charge in [0.2, 0.25) is 5.96 Å². The van der Waals surface area contributed by atoms with E-state index < -0.39 is 11.9 Å². The molecular formula is C18H17FN8O. The third-order valence-electron chi connectivity index (χ3n) is 4.09. The monoisotopic (exact) mass is 380 g/mol. The predicted octanol–water partition coefficient (Wildman–Crippen LogP) is 1.99. The molecule has 0 fully saturated rings. The van der Waals surface area contributed by atoms with Crippen molar-refractivity contribution in [2.24, 2.45) is 4.99 Å². The molecule has 0 saturated carbocycles. The lowest BCUT2D eigenvalue weighted by atomic mass is 9.95. The number of benzene rings is 1. The summed E-state index contributed by atoms with van der Waals surface area (Å²) < 4.78 is 19.8. The molecule has 1 aromatic carbocycles. The second kappa shape index (κ2) is 7.68. The van der Waals surface area contributed by atoms with Gasteiger partial charge in [0.1, 0.15) is 29.3 Å². The Morgan fingerprint density at radius 2 is 2.14 bits per heavy atom. The molecule has 0 saturated heterocycles. The zero-order chi connectivity index (χ0) is 20.3. The van der Waals surface area contributed by atoms with Crippen LogP contribution in [-0.4, -0.2) is 17.6 Å². The van der Waals surface area contributed by atoms with Crippen LogP contribution in [0.1, 0.15) is 36.1 Å². The third kappa shape index (κ3) is 3.31. The minimum atomic E-state index is -0.804. The van der Waals surface area contributed by atoms with Crippen molar-refractivity contribution in [3.63, 3.8) is 0 Å². The van der Waals surface area contributed by atoms with Crippen LogP contribution in [0.4, 0.5) is 21.7 Å². The summed E-state index contributed by atoms with van der Waals surface area (Å²) in [5.74, 6) is -0.155. The van der Waals surface area contributed by atoms with Crippen LogP contribution >= 0.6 is 0 Å². The Morgan fingerprint density at radius 1 is 1.36 bits per heavy atom. The number of fused-ring (bicyclic) bond motifs is 1. The van der Waals surface area contributed by atoms with Crippen molar-refractivity contribution in [2.75, 3.05) is 23.4 Å². The number of aromatic nitrogens is 1. The predicted molar refractivity (Wildman–Crippen MR) is 102 cm³/mol. The lowest BCUT2D eigenvalue weighted by Gasteiger charge is -2.26. The molecule has 0 bridgehead atoms. The van der Waals surface area contributed by atoms with E-state index in [9.17, 15) is 9.65 Å². The molecule has 142 valence electrons. The molecule has 2 heterocycles. The zero-order valence-corrected chi connectivity index (χ0v) is 15.0. The van der Waals surface area contributed by atoms with Crippen molar-refractivity contribution >= 4 is 23.3 Å². The molecule has 28 heavy (non-hydrogen) atoms. The lowest BCUT2D eigenvalue weighted by molar-refractivity contribution is 0.301. The fraction of sp³-hybridized carbons (Fsp3) is 0.222. The number of nitrogens with zero attached hydrogens (tertiary/aromatic N) is 4. The number of anilines is 3. The Morgan fingerprint density at radius 3 is 2.79 bits per heavy atom. The van der Waals surface area contributed by atoms with Crippen molar-refractivity contribution in [1.29, 1.82) is 10.5 Å². The number of nitrogen functional groups attached to an aromatic ring is 2. The molecule has 0 radical (unpaired) electrons. The van der Waals surface area contributed by atoms with Crippen LogP contribution in [0.5, 0.6) is 5.75 Å². The highest BCUT2D eigenvalue weighted by Crippen LogP contribution is 2.41. The number of pyridine rings is 1. The molecule has 0 spiro atoms. The van der Waals surface area contributed by atoms with Gasteiger partial charge < -0.3 is 21.5 Å². The van der Waals surface area contributed by atoms with Crippen molar-refractivity contribution in [3.8, 4) is 18.0 Å². The lowest BCUT2D eigenvalue weighted by Crippen LogP contribution is -2.32. The first kappa shape index (κ1) is 18.7. The number of ether oxygens (including phenoxy) is 1. The molecule has 9 nitrogen and oxygen atoms in total. The highest BCUT2D eigenvalue weighted by Gasteiger charge is 2.30. The van der Waals surface area contributed by atoms with E-state index in [2.05, 4.69) is 20.6 Å². The second-order valence-electron chi connectivity index (χ2n) is 5.94. The van der Waals surface area contributed by atoms with Crippen LogP contribution in [0.25, 0.3) is 0 Å². The third-order valence-corrected chi connectivity index (χ3v) is 4.09. The van der Waals surface area contributed by atoms with Crippen LogP contribution in [-0.2, 0) is 0 Å². The number of hydrogen-bond donors (Lipinski definition) is 4. The first-order valence-corrected chi connectivity index (χ1v) is 8.41. The van der Waals surface area contributed by atoms with E-state index in [4.69, 9.17) is 21.5 Å². The van der Waals surface area contributed by atoms with E-state index in [1.807, 2.05) is 13.0 Å². The molecule has 1 atom stereocenters. The van der Waals surface area contributed by atoms with E-state index in [-0.39, 0.29) is 34.6 Å². The number of aliphatic imine (C=N–C) groups is 1. The second-order valence-corrected chi connectivity index (χ2v) is 5.94. The van der Waals surface area contributed by atoms with E-state index in [1.54, 1.807) is 12.3 Å². The Bertz CT molecular complexity index is 1040. The summed E-state index contributed by atoms with van der Waals surface area (Å²) in [5, 5.41) is 23.4. The molecule has 6 N–H and O–H groups in total. The summed E-state index contributed by atoms with van der Waals surface area (Å²) >= 11 is 0. The number of guanidine groups is 1. The molecule has 0 amide bonds. The molecule has 2 aromatic rings. The fourth-order valence-electron chi connectivity index (χ4n) is 2.84. The molecule has 1 aliphatic rings. The summed E-state index contributed by atoms with van der Waals surface area (Å²) in [5.41, 5.74) is 12.9. The summed E-state index contributed by atoms with van der Waals surface area (Å²) in [6.07, 6.45) is 2.50. The smallest absolute Gasteiger partial charge is 0.211 e. The van der Waals surface area contributed by atoms with E-state index >= 15 is 0 Å². The molecule has 3 rings (SSSR count). The van der Waals surface area contributed by atoms with E-state index in [0.717, 1.165) is 6.42 Å². The molecule has 1 unspecified atom stereocenters. The highest BCUT2D eigenvalue weighted by atomic mass is 19.1. The van der Waals surface area contributed by atoms with E-state index in [1.165, 1.54) is 12.1 Å². The SMILES string of the molecule is CCCOc1ccc(C2N=C(NC#N)Nc3nc(N)c(C#N)c(N)c32)cc1F. The van der Waals surface area contributed by atoms with E-state index in [0.29, 0.717) is 17.7 Å². The average molecular weight is 380 g/mol. The van der Waals surface area contributed by atoms with Gasteiger partial charge in [-0.2, -0.15) is 10.5 Å². The van der Waals surface area contributed by atoms with Crippen LogP contribution < -0.4 is 26.8 Å². The average Bonchev–Trinajstić information content (AvgIpc) is 2.66. The van der Waals surface area contributed by atoms with Crippen LogP contribution in [0.3, 0.4) is 0 Å². The number of hydrogen-bond acceptors (Lipinski definition) is 9. The van der Waals surface area contributed by atoms with Gasteiger partial charge in [-0.15, -0.1) is 0 Å². The fourth-order valence-corrected chi connectivity index (χ4v) is 2.84. The summed E-state index contributed by atoms with van der Waals surface area (Å²) in [4.78, 5) is 8.53. The first-order valence-electron chi connectivity index (χ1n) is 8.41. The van der Waals surface area contributed by atoms with Crippen molar-refractivity contribution in [1.82, 2.24) is 10.3 Å². The van der Waals surface area contributed by atoms with Gasteiger partial charge >= 0.3 is 0 Å². The number of nitriles is 2. The molecule has 1 aromatic heterocycles. The largest absolute Gasteiger partial charge is 0.491 e. The Balaban J connectivity index is 2.14. The summed E-state index contributed by atoms with van der Waals surface area (Å²) in [7, 11) is 0. The topological polar surface area (TPSA) is 158 Å². The van der Waals surface area contributed by atoms with Gasteiger partial charge in [-0.3, -0.25) is 5.32 Å². The molecule has 0 aliphatic carbocycles.